The largest absolute Gasteiger partial charge is 0.357 e. The molecular weight excluding hydrogens is 463 g/mol. The first kappa shape index (κ1) is 23.9. The molecule has 2 N–H and O–H groups in total. The highest BCUT2D eigenvalue weighted by molar-refractivity contribution is 14.0. The highest BCUT2D eigenvalue weighted by Crippen LogP contribution is 2.29. The van der Waals surface area contributed by atoms with Crippen LogP contribution in [-0.2, 0) is 10.0 Å². The van der Waals surface area contributed by atoms with Gasteiger partial charge in [-0.1, -0.05) is 13.8 Å². The van der Waals surface area contributed by atoms with E-state index in [9.17, 15) is 8.42 Å². The van der Waals surface area contributed by atoms with Crippen molar-refractivity contribution in [2.45, 2.75) is 71.4 Å². The van der Waals surface area contributed by atoms with Crippen LogP contribution in [0.2, 0.25) is 0 Å². The Kier molecular flexibility index (Phi) is 10.2. The number of nitrogens with zero attached hydrogens (tertiary/aromatic N) is 2. The van der Waals surface area contributed by atoms with E-state index < -0.39 is 10.0 Å². The zero-order valence-electron chi connectivity index (χ0n) is 16.7. The lowest BCUT2D eigenvalue weighted by molar-refractivity contribution is 0.250. The molecule has 8 heteroatoms. The number of guanidine groups is 1. The molecule has 26 heavy (non-hydrogen) atoms. The average Bonchev–Trinajstić information content (AvgIpc) is 3.02. The molecular formula is C18H37IN4O2S. The second-order valence-corrected chi connectivity index (χ2v) is 9.82. The van der Waals surface area contributed by atoms with Crippen LogP contribution in [0.3, 0.4) is 0 Å². The highest BCUT2D eigenvalue weighted by atomic mass is 127. The maximum absolute atomic E-state index is 11.9. The lowest BCUT2D eigenvalue weighted by Gasteiger charge is -2.32. The van der Waals surface area contributed by atoms with Crippen molar-refractivity contribution in [1.82, 2.24) is 14.9 Å². The van der Waals surface area contributed by atoms with Gasteiger partial charge in [0, 0.05) is 25.2 Å². The fourth-order valence-corrected chi connectivity index (χ4v) is 5.24. The molecule has 0 amide bonds. The number of hydrogen-bond acceptors (Lipinski definition) is 3. The minimum Gasteiger partial charge on any atom is -0.357 e. The Balaban J connectivity index is 0.00000338. The van der Waals surface area contributed by atoms with Gasteiger partial charge >= 0.3 is 0 Å². The molecule has 0 aromatic carbocycles. The van der Waals surface area contributed by atoms with E-state index in [2.05, 4.69) is 31.4 Å². The van der Waals surface area contributed by atoms with Crippen LogP contribution in [-0.4, -0.2) is 56.7 Å². The summed E-state index contributed by atoms with van der Waals surface area (Å²) in [6.45, 7) is 8.67. The Labute approximate surface area is 177 Å². The van der Waals surface area contributed by atoms with E-state index >= 15 is 0 Å². The van der Waals surface area contributed by atoms with E-state index in [-0.39, 0.29) is 30.0 Å². The summed E-state index contributed by atoms with van der Waals surface area (Å²) in [7, 11) is -3.13. The summed E-state index contributed by atoms with van der Waals surface area (Å²) >= 11 is 0. The van der Waals surface area contributed by atoms with Crippen molar-refractivity contribution in [3.05, 3.63) is 0 Å². The van der Waals surface area contributed by atoms with E-state index in [0.717, 1.165) is 37.2 Å². The smallest absolute Gasteiger partial charge is 0.211 e. The van der Waals surface area contributed by atoms with Crippen molar-refractivity contribution < 1.29 is 8.42 Å². The Morgan fingerprint density at radius 1 is 1.19 bits per heavy atom. The van der Waals surface area contributed by atoms with Crippen LogP contribution >= 0.6 is 24.0 Å². The van der Waals surface area contributed by atoms with Crippen LogP contribution in [0, 0.1) is 11.8 Å². The molecule has 1 aliphatic heterocycles. The minimum atomic E-state index is -3.13. The highest BCUT2D eigenvalue weighted by Gasteiger charge is 2.31. The van der Waals surface area contributed by atoms with E-state index in [1.54, 1.807) is 4.31 Å². The van der Waals surface area contributed by atoms with Crippen LogP contribution in [0.1, 0.15) is 59.3 Å². The van der Waals surface area contributed by atoms with Crippen LogP contribution in [0.5, 0.6) is 0 Å². The number of sulfonamides is 1. The predicted molar refractivity (Wildman–Crippen MR) is 120 cm³/mol. The lowest BCUT2D eigenvalue weighted by atomic mass is 9.80. The third-order valence-corrected chi connectivity index (χ3v) is 6.94. The normalized spacial score (nSPS) is 28.0. The Morgan fingerprint density at radius 3 is 2.38 bits per heavy atom. The number of aliphatic imine (C=N–C) groups is 1. The average molecular weight is 500 g/mol. The quantitative estimate of drug-likeness (QED) is 0.334. The van der Waals surface area contributed by atoms with Gasteiger partial charge in [-0.2, -0.15) is 4.31 Å². The van der Waals surface area contributed by atoms with Gasteiger partial charge < -0.3 is 10.6 Å². The first-order valence-corrected chi connectivity index (χ1v) is 11.7. The van der Waals surface area contributed by atoms with Crippen LogP contribution in [0.25, 0.3) is 0 Å². The summed E-state index contributed by atoms with van der Waals surface area (Å²) < 4.78 is 25.3. The third kappa shape index (κ3) is 7.14. The summed E-state index contributed by atoms with van der Waals surface area (Å²) in [5.41, 5.74) is 0. The first-order valence-electron chi connectivity index (χ1n) is 9.83. The Morgan fingerprint density at radius 2 is 1.85 bits per heavy atom. The molecule has 0 unspecified atom stereocenters. The second kappa shape index (κ2) is 11.0. The molecule has 2 fully saturated rings. The van der Waals surface area contributed by atoms with Gasteiger partial charge in [0.05, 0.1) is 12.8 Å². The van der Waals surface area contributed by atoms with Crippen molar-refractivity contribution in [2.75, 3.05) is 25.9 Å². The second-order valence-electron chi connectivity index (χ2n) is 7.89. The summed E-state index contributed by atoms with van der Waals surface area (Å²) in [6.07, 6.45) is 8.05. The zero-order chi connectivity index (χ0) is 18.4. The molecule has 0 bridgehead atoms. The Bertz CT molecular complexity index is 545. The van der Waals surface area contributed by atoms with Crippen molar-refractivity contribution in [3.63, 3.8) is 0 Å². The first-order chi connectivity index (χ1) is 11.8. The summed E-state index contributed by atoms with van der Waals surface area (Å²) in [5, 5.41) is 6.88. The van der Waals surface area contributed by atoms with E-state index in [1.165, 1.54) is 31.9 Å². The van der Waals surface area contributed by atoms with Gasteiger partial charge in [0.15, 0.2) is 5.96 Å². The minimum absolute atomic E-state index is 0. The van der Waals surface area contributed by atoms with Gasteiger partial charge in [-0.25, -0.2) is 8.42 Å². The monoisotopic (exact) mass is 500 g/mol. The van der Waals surface area contributed by atoms with Gasteiger partial charge in [-0.15, -0.1) is 24.0 Å². The maximum Gasteiger partial charge on any atom is 0.211 e. The number of nitrogens with one attached hydrogen (secondary N) is 2. The molecule has 2 aliphatic rings. The van der Waals surface area contributed by atoms with Crippen molar-refractivity contribution in [3.8, 4) is 0 Å². The Hall–Kier alpha value is -0.0900. The SMILES string of the molecule is CCNC(=NC[C@H]1CCCN1S(C)(=O)=O)NC1CCC(C(C)C)CC1.I. The molecule has 0 aromatic rings. The van der Waals surface area contributed by atoms with Crippen molar-refractivity contribution >= 4 is 40.0 Å². The van der Waals surface area contributed by atoms with Crippen LogP contribution in [0.4, 0.5) is 0 Å². The van der Waals surface area contributed by atoms with Gasteiger partial charge in [0.1, 0.15) is 0 Å². The molecule has 154 valence electrons. The van der Waals surface area contributed by atoms with Crippen molar-refractivity contribution in [2.24, 2.45) is 16.8 Å². The molecule has 1 aliphatic carbocycles. The molecule has 6 nitrogen and oxygen atoms in total. The molecule has 0 radical (unpaired) electrons. The number of rotatable bonds is 6. The molecule has 1 saturated carbocycles. The zero-order valence-corrected chi connectivity index (χ0v) is 19.8. The number of halogens is 1. The topological polar surface area (TPSA) is 73.8 Å². The fourth-order valence-electron chi connectivity index (χ4n) is 4.07. The van der Waals surface area contributed by atoms with E-state index in [0.29, 0.717) is 19.1 Å². The standard InChI is InChI=1S/C18H36N4O2S.HI/c1-5-19-18(21-16-10-8-15(9-11-16)14(2)3)20-13-17-7-6-12-22(17)25(4,23)24;/h14-17H,5-13H2,1-4H3,(H2,19,20,21);1H/t15?,16?,17-;/m1./s1. The molecule has 1 heterocycles. The molecule has 1 atom stereocenters. The van der Waals surface area contributed by atoms with Gasteiger partial charge in [0.25, 0.3) is 0 Å². The van der Waals surface area contributed by atoms with Crippen molar-refractivity contribution in [1.29, 1.82) is 0 Å². The molecule has 1 saturated heterocycles. The third-order valence-electron chi connectivity index (χ3n) is 5.61. The van der Waals surface area contributed by atoms with Gasteiger partial charge in [-0.3, -0.25) is 4.99 Å². The number of hydrogen-bond donors (Lipinski definition) is 2. The fraction of sp³-hybridized carbons (Fsp3) is 0.944. The van der Waals surface area contributed by atoms with Gasteiger partial charge in [-0.05, 0) is 57.3 Å². The molecule has 0 aromatic heterocycles. The molecule has 2 rings (SSSR count). The lowest BCUT2D eigenvalue weighted by Crippen LogP contribution is -2.46. The summed E-state index contributed by atoms with van der Waals surface area (Å²) in [5.74, 6) is 2.45. The van der Waals surface area contributed by atoms with Gasteiger partial charge in [0.2, 0.25) is 10.0 Å². The summed E-state index contributed by atoms with van der Waals surface area (Å²) in [6, 6.07) is 0.476. The maximum atomic E-state index is 11.9. The van der Waals surface area contributed by atoms with E-state index in [4.69, 9.17) is 4.99 Å². The van der Waals surface area contributed by atoms with Crippen LogP contribution < -0.4 is 10.6 Å². The predicted octanol–water partition coefficient (Wildman–Crippen LogP) is 2.80. The molecule has 0 spiro atoms. The van der Waals surface area contributed by atoms with E-state index in [1.807, 2.05) is 0 Å². The summed E-state index contributed by atoms with van der Waals surface area (Å²) in [4.78, 5) is 4.70. The van der Waals surface area contributed by atoms with Crippen LogP contribution in [0.15, 0.2) is 4.99 Å².